The highest BCUT2D eigenvalue weighted by Crippen LogP contribution is 2.30. The van der Waals surface area contributed by atoms with Crippen molar-refractivity contribution in [3.8, 4) is 11.4 Å². The third-order valence-electron chi connectivity index (χ3n) is 6.06. The molecule has 0 bridgehead atoms. The minimum Gasteiger partial charge on any atom is -0.392 e. The summed E-state index contributed by atoms with van der Waals surface area (Å²) in [4.78, 5) is 10.7. The van der Waals surface area contributed by atoms with E-state index in [2.05, 4.69) is 20.0 Å². The fraction of sp³-hybridized carbons (Fsp3) is 0.192. The van der Waals surface area contributed by atoms with Crippen LogP contribution in [-0.2, 0) is 6.54 Å². The van der Waals surface area contributed by atoms with Crippen LogP contribution in [0.25, 0.3) is 22.8 Å². The Balaban J connectivity index is 1.48. The second-order valence-electron chi connectivity index (χ2n) is 8.62. The summed E-state index contributed by atoms with van der Waals surface area (Å²) in [6.45, 7) is 2.23. The van der Waals surface area contributed by atoms with Gasteiger partial charge >= 0.3 is 0 Å². The van der Waals surface area contributed by atoms with E-state index in [1.807, 2.05) is 24.3 Å². The van der Waals surface area contributed by atoms with Crippen LogP contribution in [0.3, 0.4) is 0 Å². The number of aromatic nitrogens is 3. The lowest BCUT2D eigenvalue weighted by atomic mass is 10.1. The van der Waals surface area contributed by atoms with Gasteiger partial charge in [-0.25, -0.2) is 10.2 Å². The van der Waals surface area contributed by atoms with Gasteiger partial charge in [0.15, 0.2) is 0 Å². The van der Waals surface area contributed by atoms with Gasteiger partial charge in [0.05, 0.1) is 17.5 Å². The van der Waals surface area contributed by atoms with Gasteiger partial charge in [-0.15, -0.1) is 0 Å². The second-order valence-corrected chi connectivity index (χ2v) is 8.62. The first kappa shape index (κ1) is 23.6. The number of rotatable bonds is 7. The molecule has 3 heterocycles. The molecule has 0 amide bonds. The summed E-state index contributed by atoms with van der Waals surface area (Å²) < 4.78 is 20.1. The highest BCUT2D eigenvalue weighted by molar-refractivity contribution is 5.93. The number of likely N-dealkylation sites (tertiary alicyclic amines) is 1. The van der Waals surface area contributed by atoms with Gasteiger partial charge in [-0.1, -0.05) is 35.5 Å². The lowest BCUT2D eigenvalue weighted by Gasteiger charge is -2.23. The molecule has 0 aliphatic carbocycles. The van der Waals surface area contributed by atoms with Crippen molar-refractivity contribution in [1.29, 1.82) is 0 Å². The molecule has 4 aromatic rings. The van der Waals surface area contributed by atoms with Gasteiger partial charge in [0.2, 0.25) is 5.82 Å². The summed E-state index contributed by atoms with van der Waals surface area (Å²) in [5.41, 5.74) is 9.44. The van der Waals surface area contributed by atoms with Gasteiger partial charge in [-0.3, -0.25) is 14.9 Å². The summed E-state index contributed by atoms with van der Waals surface area (Å²) in [7, 11) is 0. The van der Waals surface area contributed by atoms with E-state index in [9.17, 15) is 9.50 Å². The zero-order valence-electron chi connectivity index (χ0n) is 19.5. The van der Waals surface area contributed by atoms with E-state index in [0.29, 0.717) is 30.2 Å². The van der Waals surface area contributed by atoms with Crippen molar-refractivity contribution in [2.45, 2.75) is 19.1 Å². The molecule has 1 fully saturated rings. The SMILES string of the molecule is N/C(=C(/c1ccncc1)N(N)c1ccccc1F)c1nc(-c2cccc(CN3CCC(O)C3)c2)no1. The van der Waals surface area contributed by atoms with Crippen molar-refractivity contribution in [3.05, 3.63) is 95.9 Å². The van der Waals surface area contributed by atoms with Crippen LogP contribution in [0.4, 0.5) is 10.1 Å². The topological polar surface area (TPSA) is 131 Å². The molecular weight excluding hydrogens is 461 g/mol. The molecule has 1 aliphatic heterocycles. The van der Waals surface area contributed by atoms with Crippen LogP contribution in [0, 0.1) is 5.82 Å². The third-order valence-corrected chi connectivity index (χ3v) is 6.06. The molecular formula is C26H26FN7O2. The molecule has 2 aromatic carbocycles. The van der Waals surface area contributed by atoms with Gasteiger partial charge < -0.3 is 15.4 Å². The molecule has 1 aliphatic rings. The van der Waals surface area contributed by atoms with Crippen molar-refractivity contribution in [2.75, 3.05) is 18.1 Å². The molecule has 36 heavy (non-hydrogen) atoms. The Bertz CT molecular complexity index is 1380. The van der Waals surface area contributed by atoms with E-state index in [1.165, 1.54) is 6.07 Å². The smallest absolute Gasteiger partial charge is 0.276 e. The number of hydrogen-bond donors (Lipinski definition) is 3. The monoisotopic (exact) mass is 487 g/mol. The number of aliphatic hydroxyl groups excluding tert-OH is 1. The number of para-hydroxylation sites is 1. The quantitative estimate of drug-likeness (QED) is 0.266. The maximum absolute atomic E-state index is 14.5. The van der Waals surface area contributed by atoms with Gasteiger partial charge in [-0.2, -0.15) is 4.98 Å². The van der Waals surface area contributed by atoms with Crippen LogP contribution in [0.2, 0.25) is 0 Å². The molecule has 0 spiro atoms. The number of nitrogens with zero attached hydrogens (tertiary/aromatic N) is 5. The molecule has 9 nitrogen and oxygen atoms in total. The minimum atomic E-state index is -0.507. The van der Waals surface area contributed by atoms with Gasteiger partial charge in [0.25, 0.3) is 5.89 Å². The van der Waals surface area contributed by atoms with Crippen molar-refractivity contribution < 1.29 is 14.0 Å². The summed E-state index contributed by atoms with van der Waals surface area (Å²) in [6, 6.07) is 17.4. The van der Waals surface area contributed by atoms with Crippen molar-refractivity contribution in [1.82, 2.24) is 20.0 Å². The predicted octanol–water partition coefficient (Wildman–Crippen LogP) is 3.00. The van der Waals surface area contributed by atoms with Crippen LogP contribution < -0.4 is 16.6 Å². The van der Waals surface area contributed by atoms with Gasteiger partial charge in [0.1, 0.15) is 11.5 Å². The summed E-state index contributed by atoms with van der Waals surface area (Å²) in [5, 5.41) is 15.1. The zero-order valence-corrected chi connectivity index (χ0v) is 19.5. The Morgan fingerprint density at radius 1 is 1.14 bits per heavy atom. The number of β-amino-alcohol motifs (C(OH)–C–C–N with tert-alkyl or cyclic N) is 1. The average Bonchev–Trinajstić information content (AvgIpc) is 3.54. The number of hydrazine groups is 1. The molecule has 0 radical (unpaired) electrons. The van der Waals surface area contributed by atoms with Gasteiger partial charge in [-0.05, 0) is 42.3 Å². The average molecular weight is 488 g/mol. The Labute approximate surface area is 207 Å². The molecule has 5 N–H and O–H groups in total. The summed E-state index contributed by atoms with van der Waals surface area (Å²) in [5.74, 6) is 6.27. The van der Waals surface area contributed by atoms with Crippen molar-refractivity contribution >= 4 is 17.1 Å². The van der Waals surface area contributed by atoms with Crippen molar-refractivity contribution in [2.24, 2.45) is 11.6 Å². The normalized spacial score (nSPS) is 16.7. The molecule has 5 rings (SSSR count). The maximum Gasteiger partial charge on any atom is 0.276 e. The van der Waals surface area contributed by atoms with Crippen LogP contribution in [0.1, 0.15) is 23.4 Å². The maximum atomic E-state index is 14.5. The Morgan fingerprint density at radius 2 is 1.94 bits per heavy atom. The van der Waals surface area contributed by atoms with E-state index in [0.717, 1.165) is 29.1 Å². The zero-order chi connectivity index (χ0) is 25.1. The highest BCUT2D eigenvalue weighted by atomic mass is 19.1. The Morgan fingerprint density at radius 3 is 2.69 bits per heavy atom. The van der Waals surface area contributed by atoms with Crippen LogP contribution in [-0.4, -0.2) is 44.3 Å². The second kappa shape index (κ2) is 10.2. The van der Waals surface area contributed by atoms with Crippen LogP contribution in [0.5, 0.6) is 0 Å². The van der Waals surface area contributed by atoms with Crippen LogP contribution in [0.15, 0.2) is 77.6 Å². The first-order chi connectivity index (χ1) is 17.5. The van der Waals surface area contributed by atoms with Gasteiger partial charge in [0, 0.05) is 43.2 Å². The number of hydrogen-bond acceptors (Lipinski definition) is 9. The summed E-state index contributed by atoms with van der Waals surface area (Å²) in [6.07, 6.45) is 3.68. The highest BCUT2D eigenvalue weighted by Gasteiger charge is 2.23. The lowest BCUT2D eigenvalue weighted by molar-refractivity contribution is 0.175. The Hall–Kier alpha value is -4.12. The first-order valence-corrected chi connectivity index (χ1v) is 11.5. The van der Waals surface area contributed by atoms with E-state index in [-0.39, 0.29) is 23.4 Å². The first-order valence-electron chi connectivity index (χ1n) is 11.5. The number of aliphatic hydroxyl groups is 1. The van der Waals surface area contributed by atoms with Crippen molar-refractivity contribution in [3.63, 3.8) is 0 Å². The van der Waals surface area contributed by atoms with Crippen LogP contribution >= 0.6 is 0 Å². The molecule has 184 valence electrons. The van der Waals surface area contributed by atoms with E-state index >= 15 is 0 Å². The molecule has 10 heteroatoms. The molecule has 0 saturated carbocycles. The number of benzene rings is 2. The fourth-order valence-electron chi connectivity index (χ4n) is 4.28. The summed E-state index contributed by atoms with van der Waals surface area (Å²) >= 11 is 0. The van der Waals surface area contributed by atoms with E-state index in [1.54, 1.807) is 42.7 Å². The standard InChI is InChI=1S/C26H26FN7O2/c27-21-6-1-2-7-22(21)34(29)24(18-8-11-30-12-9-18)23(28)26-31-25(32-36-26)19-5-3-4-17(14-19)15-33-13-10-20(35)16-33/h1-9,11-12,14,20,35H,10,13,15-16,28-29H2/b24-23-. The predicted molar refractivity (Wildman–Crippen MR) is 134 cm³/mol. The third kappa shape index (κ3) is 4.96. The largest absolute Gasteiger partial charge is 0.392 e. The number of pyridine rings is 1. The molecule has 1 atom stereocenters. The number of halogens is 1. The number of anilines is 1. The Kier molecular flexibility index (Phi) is 6.72. The minimum absolute atomic E-state index is 0.0525. The fourth-order valence-corrected chi connectivity index (χ4v) is 4.28. The molecule has 1 unspecified atom stereocenters. The van der Waals surface area contributed by atoms with E-state index in [4.69, 9.17) is 16.1 Å². The molecule has 1 saturated heterocycles. The molecule has 2 aromatic heterocycles. The lowest BCUT2D eigenvalue weighted by Crippen LogP contribution is -2.32. The number of nitrogens with two attached hydrogens (primary N) is 2. The van der Waals surface area contributed by atoms with E-state index < -0.39 is 5.82 Å².